The molecule has 2 aromatic rings. The molecule has 3 rings (SSSR count). The quantitative estimate of drug-likeness (QED) is 0.828. The number of ether oxygens (including phenoxy) is 1. The predicted molar refractivity (Wildman–Crippen MR) is 107 cm³/mol. The molecule has 0 atom stereocenters. The fraction of sp³-hybridized carbons (Fsp3) is 0.389. The van der Waals surface area contributed by atoms with Crippen LogP contribution >= 0.6 is 11.6 Å². The van der Waals surface area contributed by atoms with Crippen LogP contribution in [-0.2, 0) is 4.74 Å². The van der Waals surface area contributed by atoms with Crippen LogP contribution in [0.25, 0.3) is 0 Å². The van der Waals surface area contributed by atoms with Gasteiger partial charge in [-0.1, -0.05) is 17.7 Å². The molecule has 1 fully saturated rings. The number of carbonyl (C=O) groups is 1. The van der Waals surface area contributed by atoms with Crippen molar-refractivity contribution < 1.29 is 9.53 Å². The lowest BCUT2D eigenvalue weighted by Gasteiger charge is -2.35. The molecule has 1 aliphatic rings. The number of amides is 1. The Morgan fingerprint density at radius 2 is 2.04 bits per heavy atom. The van der Waals surface area contributed by atoms with Crippen molar-refractivity contribution in [1.29, 1.82) is 0 Å². The van der Waals surface area contributed by atoms with E-state index in [1.807, 2.05) is 30.0 Å². The van der Waals surface area contributed by atoms with Gasteiger partial charge in [-0.3, -0.25) is 0 Å². The summed E-state index contributed by atoms with van der Waals surface area (Å²) in [6, 6.07) is 5.67. The van der Waals surface area contributed by atoms with E-state index in [1.54, 1.807) is 11.8 Å². The molecule has 9 heteroatoms. The van der Waals surface area contributed by atoms with E-state index < -0.39 is 0 Å². The number of halogens is 1. The summed E-state index contributed by atoms with van der Waals surface area (Å²) in [6.07, 6.45) is 1.19. The molecule has 0 saturated carbocycles. The maximum Gasteiger partial charge on any atom is 0.409 e. The SMILES string of the molecule is CCOC(=O)N1CCN(c2ncnc(Nc3ccc(C)c(Cl)c3)c2N)CC1. The number of hydrogen-bond donors (Lipinski definition) is 2. The van der Waals surface area contributed by atoms with E-state index in [0.717, 1.165) is 11.3 Å². The molecule has 0 radical (unpaired) electrons. The number of nitrogens with two attached hydrogens (primary N) is 1. The first kappa shape index (κ1) is 19.0. The van der Waals surface area contributed by atoms with Gasteiger partial charge >= 0.3 is 6.09 Å². The maximum absolute atomic E-state index is 11.8. The number of anilines is 4. The molecule has 1 aromatic heterocycles. The van der Waals surface area contributed by atoms with E-state index in [1.165, 1.54) is 6.33 Å². The molecule has 27 heavy (non-hydrogen) atoms. The molecule has 1 aliphatic heterocycles. The molecule has 0 aliphatic carbocycles. The van der Waals surface area contributed by atoms with Gasteiger partial charge in [-0.05, 0) is 31.5 Å². The Kier molecular flexibility index (Phi) is 5.85. The molecular formula is C18H23ClN6O2. The number of carbonyl (C=O) groups excluding carboxylic acids is 1. The molecule has 2 heterocycles. The molecule has 0 bridgehead atoms. The van der Waals surface area contributed by atoms with E-state index in [0.29, 0.717) is 55.1 Å². The molecule has 8 nitrogen and oxygen atoms in total. The Bertz CT molecular complexity index is 823. The summed E-state index contributed by atoms with van der Waals surface area (Å²) < 4.78 is 5.05. The summed E-state index contributed by atoms with van der Waals surface area (Å²) in [4.78, 5) is 24.1. The van der Waals surface area contributed by atoms with Gasteiger partial charge in [0.1, 0.15) is 12.0 Å². The Labute approximate surface area is 163 Å². The third-order valence-corrected chi connectivity index (χ3v) is 4.81. The van der Waals surface area contributed by atoms with Gasteiger partial charge in [-0.15, -0.1) is 0 Å². The van der Waals surface area contributed by atoms with Crippen molar-refractivity contribution in [2.75, 3.05) is 48.7 Å². The van der Waals surface area contributed by atoms with Crippen LogP contribution < -0.4 is 16.0 Å². The van der Waals surface area contributed by atoms with Gasteiger partial charge in [0, 0.05) is 36.9 Å². The number of benzene rings is 1. The first-order valence-corrected chi connectivity index (χ1v) is 9.17. The average molecular weight is 391 g/mol. The van der Waals surface area contributed by atoms with Crippen LogP contribution in [0, 0.1) is 6.92 Å². The predicted octanol–water partition coefficient (Wildman–Crippen LogP) is 3.04. The van der Waals surface area contributed by atoms with Crippen molar-refractivity contribution in [1.82, 2.24) is 14.9 Å². The first-order valence-electron chi connectivity index (χ1n) is 8.80. The number of rotatable bonds is 4. The van der Waals surface area contributed by atoms with Crippen molar-refractivity contribution in [2.45, 2.75) is 13.8 Å². The minimum Gasteiger partial charge on any atom is -0.450 e. The van der Waals surface area contributed by atoms with Crippen molar-refractivity contribution in [3.63, 3.8) is 0 Å². The minimum atomic E-state index is -0.286. The highest BCUT2D eigenvalue weighted by Crippen LogP contribution is 2.30. The fourth-order valence-corrected chi connectivity index (χ4v) is 3.04. The van der Waals surface area contributed by atoms with E-state index >= 15 is 0 Å². The minimum absolute atomic E-state index is 0.286. The lowest BCUT2D eigenvalue weighted by atomic mass is 10.2. The van der Waals surface area contributed by atoms with Crippen LogP contribution in [0.4, 0.5) is 27.8 Å². The number of piperazine rings is 1. The highest BCUT2D eigenvalue weighted by atomic mass is 35.5. The lowest BCUT2D eigenvalue weighted by Crippen LogP contribution is -2.49. The van der Waals surface area contributed by atoms with Gasteiger partial charge in [0.2, 0.25) is 0 Å². The second kappa shape index (κ2) is 8.30. The standard InChI is InChI=1S/C18H23ClN6O2/c1-3-27-18(26)25-8-6-24(7-9-25)17-15(20)16(21-11-22-17)23-13-5-4-12(2)14(19)10-13/h4-5,10-11H,3,6-9,20H2,1-2H3,(H,21,22,23). The van der Waals surface area contributed by atoms with Gasteiger partial charge < -0.3 is 25.6 Å². The molecule has 1 aromatic carbocycles. The smallest absolute Gasteiger partial charge is 0.409 e. The fourth-order valence-electron chi connectivity index (χ4n) is 2.86. The number of aromatic nitrogens is 2. The van der Waals surface area contributed by atoms with Crippen LogP contribution in [0.15, 0.2) is 24.5 Å². The number of nitrogens with zero attached hydrogens (tertiary/aromatic N) is 4. The Hall–Kier alpha value is -2.74. The highest BCUT2D eigenvalue weighted by molar-refractivity contribution is 6.31. The Morgan fingerprint density at radius 3 is 2.70 bits per heavy atom. The molecule has 0 unspecified atom stereocenters. The van der Waals surface area contributed by atoms with Gasteiger partial charge in [0.05, 0.1) is 6.61 Å². The van der Waals surface area contributed by atoms with Crippen molar-refractivity contribution >= 4 is 40.7 Å². The van der Waals surface area contributed by atoms with Gasteiger partial charge in [0.15, 0.2) is 11.6 Å². The van der Waals surface area contributed by atoms with Crippen LogP contribution in [0.2, 0.25) is 5.02 Å². The monoisotopic (exact) mass is 390 g/mol. The summed E-state index contributed by atoms with van der Waals surface area (Å²) in [5.74, 6) is 1.17. The molecule has 144 valence electrons. The average Bonchev–Trinajstić information content (AvgIpc) is 2.67. The second-order valence-corrected chi connectivity index (χ2v) is 6.63. The zero-order chi connectivity index (χ0) is 19.4. The second-order valence-electron chi connectivity index (χ2n) is 6.22. The zero-order valence-corrected chi connectivity index (χ0v) is 16.2. The van der Waals surface area contributed by atoms with E-state index in [9.17, 15) is 4.79 Å². The topological polar surface area (TPSA) is 96.6 Å². The number of hydrogen-bond acceptors (Lipinski definition) is 7. The van der Waals surface area contributed by atoms with Gasteiger partial charge in [-0.2, -0.15) is 0 Å². The Balaban J connectivity index is 1.72. The van der Waals surface area contributed by atoms with Crippen molar-refractivity contribution in [3.8, 4) is 0 Å². The molecule has 1 amide bonds. The van der Waals surface area contributed by atoms with Crippen LogP contribution in [0.3, 0.4) is 0 Å². The third-order valence-electron chi connectivity index (χ3n) is 4.40. The molecule has 3 N–H and O–H groups in total. The van der Waals surface area contributed by atoms with E-state index in [2.05, 4.69) is 15.3 Å². The van der Waals surface area contributed by atoms with Gasteiger partial charge in [-0.25, -0.2) is 14.8 Å². The van der Waals surface area contributed by atoms with Crippen LogP contribution in [0.5, 0.6) is 0 Å². The lowest BCUT2D eigenvalue weighted by molar-refractivity contribution is 0.105. The summed E-state index contributed by atoms with van der Waals surface area (Å²) >= 11 is 6.18. The van der Waals surface area contributed by atoms with Crippen molar-refractivity contribution in [3.05, 3.63) is 35.1 Å². The highest BCUT2D eigenvalue weighted by Gasteiger charge is 2.24. The largest absolute Gasteiger partial charge is 0.450 e. The number of nitrogen functional groups attached to an aromatic ring is 1. The maximum atomic E-state index is 11.8. The summed E-state index contributed by atoms with van der Waals surface area (Å²) in [5.41, 5.74) is 8.56. The van der Waals surface area contributed by atoms with E-state index in [4.69, 9.17) is 22.1 Å². The molecule has 1 saturated heterocycles. The van der Waals surface area contributed by atoms with Crippen molar-refractivity contribution in [2.24, 2.45) is 0 Å². The third kappa shape index (κ3) is 4.33. The molecular weight excluding hydrogens is 368 g/mol. The van der Waals surface area contributed by atoms with E-state index in [-0.39, 0.29) is 6.09 Å². The molecule has 0 spiro atoms. The normalized spacial score (nSPS) is 14.2. The first-order chi connectivity index (χ1) is 13.0. The van der Waals surface area contributed by atoms with Crippen LogP contribution in [0.1, 0.15) is 12.5 Å². The summed E-state index contributed by atoms with van der Waals surface area (Å²) in [6.45, 7) is 6.46. The zero-order valence-electron chi connectivity index (χ0n) is 15.4. The number of aryl methyl sites for hydroxylation is 1. The summed E-state index contributed by atoms with van der Waals surface area (Å²) in [5, 5.41) is 3.86. The number of nitrogens with one attached hydrogen (secondary N) is 1. The Morgan fingerprint density at radius 1 is 1.30 bits per heavy atom. The van der Waals surface area contributed by atoms with Gasteiger partial charge in [0.25, 0.3) is 0 Å². The van der Waals surface area contributed by atoms with Crippen LogP contribution in [-0.4, -0.2) is 53.7 Å². The summed E-state index contributed by atoms with van der Waals surface area (Å²) in [7, 11) is 0.